The largest absolute Gasteiger partial charge is 0.450 e. The van der Waals surface area contributed by atoms with E-state index in [1.165, 1.54) is 26.2 Å². The molecule has 8 nitrogen and oxygen atoms in total. The maximum atomic E-state index is 11.9. The number of amides is 2. The lowest BCUT2D eigenvalue weighted by Gasteiger charge is -2.48. The summed E-state index contributed by atoms with van der Waals surface area (Å²) in [6, 6.07) is 4.35. The molecule has 0 bridgehead atoms. The molecule has 1 saturated carbocycles. The molecular weight excluding hydrogens is 370 g/mol. The number of nitrogens with one attached hydrogen (secondary N) is 1. The minimum Gasteiger partial charge on any atom is -0.450 e. The fourth-order valence-electron chi connectivity index (χ4n) is 5.12. The maximum Gasteiger partial charge on any atom is 0.409 e. The van der Waals surface area contributed by atoms with Crippen LogP contribution in [-0.4, -0.2) is 78.7 Å². The molecule has 3 fully saturated rings. The first-order valence-corrected chi connectivity index (χ1v) is 10.6. The summed E-state index contributed by atoms with van der Waals surface area (Å²) >= 11 is 0. The monoisotopic (exact) mass is 401 g/mol. The van der Waals surface area contributed by atoms with Crippen LogP contribution < -0.4 is 10.2 Å². The van der Waals surface area contributed by atoms with E-state index in [4.69, 9.17) is 4.74 Å². The average molecular weight is 402 g/mol. The third kappa shape index (κ3) is 4.17. The molecule has 1 N–H and O–H groups in total. The summed E-state index contributed by atoms with van der Waals surface area (Å²) < 4.78 is 5.12. The van der Waals surface area contributed by atoms with Gasteiger partial charge < -0.3 is 19.9 Å². The molecule has 1 atom stereocenters. The summed E-state index contributed by atoms with van der Waals surface area (Å²) in [5, 5.41) is 2.89. The minimum absolute atomic E-state index is 0.0773. The third-order valence-corrected chi connectivity index (χ3v) is 6.48. The first-order chi connectivity index (χ1) is 14.0. The van der Waals surface area contributed by atoms with Gasteiger partial charge in [0.1, 0.15) is 0 Å². The van der Waals surface area contributed by atoms with Crippen molar-refractivity contribution in [2.24, 2.45) is 5.41 Å². The molecule has 1 spiro atoms. The van der Waals surface area contributed by atoms with Gasteiger partial charge in [-0.3, -0.25) is 9.69 Å². The minimum atomic E-state index is -0.166. The molecule has 4 rings (SSSR count). The van der Waals surface area contributed by atoms with Crippen LogP contribution in [-0.2, 0) is 9.53 Å². The lowest BCUT2D eigenvalue weighted by molar-refractivity contribution is -0.114. The molecule has 2 aliphatic heterocycles. The van der Waals surface area contributed by atoms with E-state index in [9.17, 15) is 9.59 Å². The molecule has 3 aliphatic rings. The molecule has 1 aromatic heterocycles. The summed E-state index contributed by atoms with van der Waals surface area (Å²) in [5.74, 6) is 0.779. The van der Waals surface area contributed by atoms with Crippen molar-refractivity contribution >= 4 is 23.5 Å². The Morgan fingerprint density at radius 1 is 1.28 bits per heavy atom. The van der Waals surface area contributed by atoms with Crippen LogP contribution in [0.4, 0.5) is 16.3 Å². The zero-order valence-corrected chi connectivity index (χ0v) is 17.4. The van der Waals surface area contributed by atoms with Crippen molar-refractivity contribution in [2.75, 3.05) is 56.1 Å². The lowest BCUT2D eigenvalue weighted by atomic mass is 9.78. The second-order valence-electron chi connectivity index (χ2n) is 8.53. The van der Waals surface area contributed by atoms with Crippen molar-refractivity contribution in [1.29, 1.82) is 0 Å². The van der Waals surface area contributed by atoms with E-state index >= 15 is 0 Å². The number of hydrogen-bond acceptors (Lipinski definition) is 6. The number of rotatable bonds is 4. The normalized spacial score (nSPS) is 23.7. The van der Waals surface area contributed by atoms with Crippen molar-refractivity contribution < 1.29 is 14.3 Å². The van der Waals surface area contributed by atoms with E-state index in [-0.39, 0.29) is 12.0 Å². The summed E-state index contributed by atoms with van der Waals surface area (Å²) in [7, 11) is 0. The van der Waals surface area contributed by atoms with Gasteiger partial charge in [0.05, 0.1) is 12.3 Å². The van der Waals surface area contributed by atoms with Crippen LogP contribution >= 0.6 is 0 Å². The number of anilines is 2. The Labute approximate surface area is 172 Å². The molecular formula is C21H31N5O3. The second kappa shape index (κ2) is 8.18. The van der Waals surface area contributed by atoms with Gasteiger partial charge in [-0.1, -0.05) is 0 Å². The zero-order valence-electron chi connectivity index (χ0n) is 17.4. The summed E-state index contributed by atoms with van der Waals surface area (Å²) in [5.41, 5.74) is 1.08. The van der Waals surface area contributed by atoms with Gasteiger partial charge in [0, 0.05) is 63.8 Å². The predicted octanol–water partition coefficient (Wildman–Crippen LogP) is 2.17. The number of carbonyl (C=O) groups excluding carboxylic acids is 2. The Hall–Kier alpha value is -2.35. The van der Waals surface area contributed by atoms with Gasteiger partial charge in [-0.05, 0) is 38.3 Å². The number of piperazine rings is 1. The van der Waals surface area contributed by atoms with Crippen molar-refractivity contribution in [3.63, 3.8) is 0 Å². The van der Waals surface area contributed by atoms with Gasteiger partial charge in [-0.15, -0.1) is 0 Å². The summed E-state index contributed by atoms with van der Waals surface area (Å²) in [6.45, 7) is 9.31. The highest BCUT2D eigenvalue weighted by Gasteiger charge is 2.51. The average Bonchev–Trinajstić information content (AvgIpc) is 3.13. The predicted molar refractivity (Wildman–Crippen MR) is 111 cm³/mol. The molecule has 1 aromatic rings. The van der Waals surface area contributed by atoms with Gasteiger partial charge in [0.15, 0.2) is 5.82 Å². The van der Waals surface area contributed by atoms with Crippen molar-refractivity contribution in [3.8, 4) is 0 Å². The van der Waals surface area contributed by atoms with Crippen molar-refractivity contribution in [3.05, 3.63) is 18.3 Å². The van der Waals surface area contributed by atoms with E-state index < -0.39 is 0 Å². The molecule has 29 heavy (non-hydrogen) atoms. The fourth-order valence-corrected chi connectivity index (χ4v) is 5.12. The van der Waals surface area contributed by atoms with Crippen molar-refractivity contribution in [1.82, 2.24) is 14.8 Å². The van der Waals surface area contributed by atoms with Gasteiger partial charge in [-0.25, -0.2) is 9.78 Å². The van der Waals surface area contributed by atoms with E-state index in [1.807, 2.05) is 24.0 Å². The number of likely N-dealkylation sites (tertiary alicyclic amines) is 1. The Kier molecular flexibility index (Phi) is 5.63. The van der Waals surface area contributed by atoms with E-state index in [1.54, 1.807) is 6.20 Å². The van der Waals surface area contributed by atoms with Gasteiger partial charge in [0.25, 0.3) is 0 Å². The number of carbonyl (C=O) groups is 2. The molecule has 158 valence electrons. The van der Waals surface area contributed by atoms with Crippen LogP contribution in [0.3, 0.4) is 0 Å². The number of nitrogens with zero attached hydrogens (tertiary/aromatic N) is 4. The fraction of sp³-hybridized carbons (Fsp3) is 0.667. The van der Waals surface area contributed by atoms with Crippen LogP contribution in [0, 0.1) is 5.41 Å². The molecule has 3 heterocycles. The molecule has 1 unspecified atom stereocenters. The Bertz CT molecular complexity index is 756. The number of ether oxygens (including phenoxy) is 1. The van der Waals surface area contributed by atoms with Gasteiger partial charge in [-0.2, -0.15) is 0 Å². The molecule has 8 heteroatoms. The summed E-state index contributed by atoms with van der Waals surface area (Å²) in [6.07, 6.45) is 5.18. The Morgan fingerprint density at radius 3 is 2.72 bits per heavy atom. The Morgan fingerprint density at radius 2 is 2.03 bits per heavy atom. The van der Waals surface area contributed by atoms with Crippen LogP contribution in [0.25, 0.3) is 0 Å². The van der Waals surface area contributed by atoms with Crippen LogP contribution in [0.1, 0.15) is 33.1 Å². The highest BCUT2D eigenvalue weighted by molar-refractivity contribution is 5.91. The highest BCUT2D eigenvalue weighted by Crippen LogP contribution is 2.47. The standard InChI is InChI=1S/C21H31N5O3/c1-3-29-20(28)26-14-21(15-26)7-6-17(13-21)24-9-11-25(12-10-24)19-18(23-16(2)27)5-4-8-22-19/h4-5,8,17H,3,6-7,9-15H2,1-2H3,(H,23,27). The zero-order chi connectivity index (χ0) is 20.4. The van der Waals surface area contributed by atoms with E-state index in [0.29, 0.717) is 18.1 Å². The van der Waals surface area contributed by atoms with E-state index in [0.717, 1.165) is 50.8 Å². The summed E-state index contributed by atoms with van der Waals surface area (Å²) in [4.78, 5) is 34.5. The molecule has 0 radical (unpaired) electrons. The maximum absolute atomic E-state index is 11.9. The topological polar surface area (TPSA) is 78.0 Å². The first kappa shape index (κ1) is 19.9. The number of aromatic nitrogens is 1. The van der Waals surface area contributed by atoms with E-state index in [2.05, 4.69) is 20.1 Å². The van der Waals surface area contributed by atoms with Crippen molar-refractivity contribution in [2.45, 2.75) is 39.2 Å². The number of pyridine rings is 1. The van der Waals surface area contributed by atoms with Gasteiger partial charge >= 0.3 is 6.09 Å². The van der Waals surface area contributed by atoms with Crippen LogP contribution in [0.15, 0.2) is 18.3 Å². The molecule has 2 saturated heterocycles. The highest BCUT2D eigenvalue weighted by atomic mass is 16.6. The molecule has 2 amide bonds. The van der Waals surface area contributed by atoms with Crippen LogP contribution in [0.2, 0.25) is 0 Å². The van der Waals surface area contributed by atoms with Gasteiger partial charge in [0.2, 0.25) is 5.91 Å². The first-order valence-electron chi connectivity index (χ1n) is 10.6. The lowest BCUT2D eigenvalue weighted by Crippen LogP contribution is -2.58. The SMILES string of the molecule is CCOC(=O)N1CC2(CCC(N3CCN(c4ncccc4NC(C)=O)CC3)C2)C1. The molecule has 0 aromatic carbocycles. The number of hydrogen-bond donors (Lipinski definition) is 1. The molecule has 1 aliphatic carbocycles. The second-order valence-corrected chi connectivity index (χ2v) is 8.53. The quantitative estimate of drug-likeness (QED) is 0.833. The smallest absolute Gasteiger partial charge is 0.409 e. The van der Waals surface area contributed by atoms with Crippen LogP contribution in [0.5, 0.6) is 0 Å². The Balaban J connectivity index is 1.29. The third-order valence-electron chi connectivity index (χ3n) is 6.48.